The number of hydrogen-bond donors (Lipinski definition) is 0. The number of nitrogens with zero attached hydrogens (tertiary/aromatic N) is 3. The predicted molar refractivity (Wildman–Crippen MR) is 82.1 cm³/mol. The van der Waals surface area contributed by atoms with Crippen molar-refractivity contribution in [1.82, 2.24) is 14.8 Å². The summed E-state index contributed by atoms with van der Waals surface area (Å²) in [4.78, 5) is 21.2. The van der Waals surface area contributed by atoms with Crippen LogP contribution in [-0.2, 0) is 16.1 Å². The zero-order valence-electron chi connectivity index (χ0n) is 12.5. The van der Waals surface area contributed by atoms with E-state index in [0.29, 0.717) is 18.6 Å². The maximum atomic E-state index is 12.3. The van der Waals surface area contributed by atoms with E-state index in [0.717, 1.165) is 38.3 Å². The van der Waals surface area contributed by atoms with E-state index in [1.54, 1.807) is 11.3 Å². The minimum Gasteiger partial charge on any atom is -0.372 e. The molecule has 3 aliphatic heterocycles. The molecule has 3 fully saturated rings. The van der Waals surface area contributed by atoms with Crippen LogP contribution in [0.5, 0.6) is 0 Å². The Morgan fingerprint density at radius 2 is 2.33 bits per heavy atom. The Morgan fingerprint density at radius 3 is 3.10 bits per heavy atom. The third kappa shape index (κ3) is 3.62. The van der Waals surface area contributed by atoms with E-state index >= 15 is 0 Å². The summed E-state index contributed by atoms with van der Waals surface area (Å²) in [6.07, 6.45) is 2.35. The standard InChI is InChI=1S/C15H23N3O2S/c1-2-20-9-15(19)18-6-12-3-4-14(18)8-17(5-12)7-13-10-21-11-16-13/h10-12,14H,2-9H2,1H3/t12-,14+/m0/s1. The molecule has 1 aromatic rings. The van der Waals surface area contributed by atoms with Crippen LogP contribution in [0.4, 0.5) is 0 Å². The molecule has 0 aromatic carbocycles. The summed E-state index contributed by atoms with van der Waals surface area (Å²) in [7, 11) is 0. The summed E-state index contributed by atoms with van der Waals surface area (Å²) in [5.41, 5.74) is 3.04. The molecular weight excluding hydrogens is 286 g/mol. The van der Waals surface area contributed by atoms with Crippen LogP contribution >= 0.6 is 11.3 Å². The van der Waals surface area contributed by atoms with Gasteiger partial charge in [-0.15, -0.1) is 11.3 Å². The zero-order valence-corrected chi connectivity index (χ0v) is 13.3. The van der Waals surface area contributed by atoms with Crippen LogP contribution in [0, 0.1) is 5.92 Å². The number of fused-ring (bicyclic) bond motifs is 4. The van der Waals surface area contributed by atoms with E-state index in [9.17, 15) is 4.79 Å². The molecule has 0 aliphatic carbocycles. The van der Waals surface area contributed by atoms with Gasteiger partial charge in [-0.2, -0.15) is 0 Å². The third-order valence-corrected chi connectivity index (χ3v) is 5.04. The van der Waals surface area contributed by atoms with Gasteiger partial charge >= 0.3 is 0 Å². The largest absolute Gasteiger partial charge is 0.372 e. The van der Waals surface area contributed by atoms with E-state index in [2.05, 4.69) is 20.2 Å². The molecule has 6 heteroatoms. The number of carbonyl (C=O) groups is 1. The Bertz CT molecular complexity index is 465. The highest BCUT2D eigenvalue weighted by Crippen LogP contribution is 2.28. The Kier molecular flexibility index (Phi) is 4.87. The van der Waals surface area contributed by atoms with Crippen molar-refractivity contribution < 1.29 is 9.53 Å². The van der Waals surface area contributed by atoms with E-state index in [1.165, 1.54) is 6.42 Å². The van der Waals surface area contributed by atoms with Gasteiger partial charge in [0, 0.05) is 44.2 Å². The van der Waals surface area contributed by atoms with E-state index in [1.807, 2.05) is 12.4 Å². The summed E-state index contributed by atoms with van der Waals surface area (Å²) in [6.45, 7) is 6.60. The fourth-order valence-corrected chi connectivity index (χ4v) is 3.98. The van der Waals surface area contributed by atoms with Gasteiger partial charge in [-0.25, -0.2) is 4.98 Å². The Morgan fingerprint density at radius 1 is 1.43 bits per heavy atom. The second-order valence-electron chi connectivity index (χ2n) is 5.95. The monoisotopic (exact) mass is 309 g/mol. The van der Waals surface area contributed by atoms with Gasteiger partial charge in [-0.05, 0) is 25.7 Å². The molecule has 116 valence electrons. The first-order chi connectivity index (χ1) is 10.3. The van der Waals surface area contributed by atoms with Crippen LogP contribution in [0.2, 0.25) is 0 Å². The number of rotatable bonds is 5. The van der Waals surface area contributed by atoms with Crippen LogP contribution in [0.1, 0.15) is 25.5 Å². The molecule has 5 nitrogen and oxygen atoms in total. The lowest BCUT2D eigenvalue weighted by atomic mass is 9.95. The van der Waals surface area contributed by atoms with Crippen molar-refractivity contribution in [2.45, 2.75) is 32.4 Å². The molecule has 3 aliphatic rings. The molecule has 0 saturated carbocycles. The molecule has 1 aromatic heterocycles. The van der Waals surface area contributed by atoms with E-state index in [-0.39, 0.29) is 12.5 Å². The lowest BCUT2D eigenvalue weighted by Gasteiger charge is -2.36. The molecule has 0 spiro atoms. The second kappa shape index (κ2) is 6.85. The number of ether oxygens (including phenoxy) is 1. The third-order valence-electron chi connectivity index (χ3n) is 4.41. The molecule has 3 saturated heterocycles. The van der Waals surface area contributed by atoms with Crippen LogP contribution in [-0.4, -0.2) is 59.6 Å². The van der Waals surface area contributed by atoms with Gasteiger partial charge in [0.25, 0.3) is 0 Å². The summed E-state index contributed by atoms with van der Waals surface area (Å²) >= 11 is 1.65. The first-order valence-electron chi connectivity index (χ1n) is 7.73. The lowest BCUT2D eigenvalue weighted by molar-refractivity contribution is -0.140. The molecule has 0 N–H and O–H groups in total. The first kappa shape index (κ1) is 14.9. The minimum absolute atomic E-state index is 0.155. The molecule has 2 atom stereocenters. The average Bonchev–Trinajstić information content (AvgIpc) is 2.83. The van der Waals surface area contributed by atoms with Crippen LogP contribution < -0.4 is 0 Å². The van der Waals surface area contributed by atoms with Crippen molar-refractivity contribution in [3.63, 3.8) is 0 Å². The number of carbonyl (C=O) groups excluding carboxylic acids is 1. The molecular formula is C15H23N3O2S. The van der Waals surface area contributed by atoms with E-state index in [4.69, 9.17) is 4.74 Å². The van der Waals surface area contributed by atoms with Gasteiger partial charge in [0.05, 0.1) is 11.2 Å². The number of thiazole rings is 1. The maximum Gasteiger partial charge on any atom is 0.248 e. The number of amides is 1. The van der Waals surface area contributed by atoms with Crippen molar-refractivity contribution in [2.75, 3.05) is 32.8 Å². The number of aromatic nitrogens is 1. The van der Waals surface area contributed by atoms with Crippen LogP contribution in [0.3, 0.4) is 0 Å². The number of hydrogen-bond acceptors (Lipinski definition) is 5. The van der Waals surface area contributed by atoms with Gasteiger partial charge in [-0.3, -0.25) is 9.69 Å². The van der Waals surface area contributed by atoms with Gasteiger partial charge in [0.15, 0.2) is 0 Å². The molecule has 1 amide bonds. The van der Waals surface area contributed by atoms with Crippen LogP contribution in [0.25, 0.3) is 0 Å². The predicted octanol–water partition coefficient (Wildman–Crippen LogP) is 1.60. The fourth-order valence-electron chi connectivity index (χ4n) is 3.43. The van der Waals surface area contributed by atoms with Crippen molar-refractivity contribution >= 4 is 17.2 Å². The van der Waals surface area contributed by atoms with Gasteiger partial charge in [0.2, 0.25) is 5.91 Å². The highest BCUT2D eigenvalue weighted by atomic mass is 32.1. The highest BCUT2D eigenvalue weighted by molar-refractivity contribution is 7.07. The van der Waals surface area contributed by atoms with Crippen molar-refractivity contribution in [1.29, 1.82) is 0 Å². The van der Waals surface area contributed by atoms with Crippen molar-refractivity contribution in [3.05, 3.63) is 16.6 Å². The Balaban J connectivity index is 1.63. The summed E-state index contributed by atoms with van der Waals surface area (Å²) in [5.74, 6) is 0.745. The molecule has 2 bridgehead atoms. The smallest absolute Gasteiger partial charge is 0.248 e. The topological polar surface area (TPSA) is 45.7 Å². The molecule has 21 heavy (non-hydrogen) atoms. The van der Waals surface area contributed by atoms with Crippen LogP contribution in [0.15, 0.2) is 10.9 Å². The molecule has 0 unspecified atom stereocenters. The van der Waals surface area contributed by atoms with Crippen molar-refractivity contribution in [3.8, 4) is 0 Å². The Labute approximate surface area is 129 Å². The van der Waals surface area contributed by atoms with E-state index < -0.39 is 0 Å². The lowest BCUT2D eigenvalue weighted by Crippen LogP contribution is -2.48. The zero-order chi connectivity index (χ0) is 14.7. The van der Waals surface area contributed by atoms with Crippen molar-refractivity contribution in [2.24, 2.45) is 5.92 Å². The second-order valence-corrected chi connectivity index (χ2v) is 6.67. The molecule has 4 heterocycles. The quantitative estimate of drug-likeness (QED) is 0.829. The highest BCUT2D eigenvalue weighted by Gasteiger charge is 2.37. The fraction of sp³-hybridized carbons (Fsp3) is 0.733. The first-order valence-corrected chi connectivity index (χ1v) is 8.67. The minimum atomic E-state index is 0.155. The van der Waals surface area contributed by atoms with Gasteiger partial charge < -0.3 is 9.64 Å². The normalized spacial score (nSPS) is 26.0. The summed E-state index contributed by atoms with van der Waals surface area (Å²) in [5, 5.41) is 2.12. The number of piperidine rings is 1. The maximum absolute atomic E-state index is 12.3. The molecule has 0 radical (unpaired) electrons. The summed E-state index contributed by atoms with van der Waals surface area (Å²) in [6, 6.07) is 0.343. The Hall–Kier alpha value is -0.980. The summed E-state index contributed by atoms with van der Waals surface area (Å²) < 4.78 is 5.30. The average molecular weight is 309 g/mol. The molecule has 4 rings (SSSR count). The van der Waals surface area contributed by atoms with Gasteiger partial charge in [-0.1, -0.05) is 0 Å². The van der Waals surface area contributed by atoms with Gasteiger partial charge in [0.1, 0.15) is 6.61 Å². The SMILES string of the molecule is CCOCC(=O)N1C[C@H]2CC[C@@H]1CN(Cc1cscn1)C2.